The summed E-state index contributed by atoms with van der Waals surface area (Å²) in [6, 6.07) is 47.6. The van der Waals surface area contributed by atoms with E-state index >= 15 is 0 Å². The molecular formula is C40H24N4S. The third kappa shape index (κ3) is 3.81. The first-order valence-corrected chi connectivity index (χ1v) is 16.0. The molecule has 4 nitrogen and oxygen atoms in total. The van der Waals surface area contributed by atoms with Crippen LogP contribution in [0, 0.1) is 0 Å². The van der Waals surface area contributed by atoms with Crippen molar-refractivity contribution in [1.82, 2.24) is 19.5 Å². The van der Waals surface area contributed by atoms with Gasteiger partial charge >= 0.3 is 0 Å². The van der Waals surface area contributed by atoms with Gasteiger partial charge in [0.15, 0.2) is 11.6 Å². The predicted octanol–water partition coefficient (Wildman–Crippen LogP) is 10.2. The van der Waals surface area contributed by atoms with Gasteiger partial charge < -0.3 is 0 Å². The predicted molar refractivity (Wildman–Crippen MR) is 186 cm³/mol. The van der Waals surface area contributed by atoms with Gasteiger partial charge in [0.25, 0.3) is 0 Å². The molecule has 2 aliphatic rings. The lowest BCUT2D eigenvalue weighted by molar-refractivity contribution is 0.947. The van der Waals surface area contributed by atoms with Crippen molar-refractivity contribution >= 4 is 53.3 Å². The fourth-order valence-electron chi connectivity index (χ4n) is 6.79. The van der Waals surface area contributed by atoms with Gasteiger partial charge in [0.05, 0.1) is 11.0 Å². The number of benzene rings is 6. The molecule has 6 aromatic carbocycles. The van der Waals surface area contributed by atoms with E-state index in [0.717, 1.165) is 28.6 Å². The van der Waals surface area contributed by atoms with E-state index in [-0.39, 0.29) is 0 Å². The van der Waals surface area contributed by atoms with Crippen molar-refractivity contribution in [3.63, 3.8) is 0 Å². The molecule has 0 amide bonds. The van der Waals surface area contributed by atoms with Crippen molar-refractivity contribution in [2.45, 2.75) is 6.42 Å². The maximum atomic E-state index is 5.14. The van der Waals surface area contributed by atoms with Crippen LogP contribution in [0.3, 0.4) is 0 Å². The SMILES string of the molecule is c1ccc(-c2nc(-c3ccc4cc3C4)nc(-n3c4ccccc4c4cc(-c5ccc6sc7ccccc7c6c5)ccc43)n2)cc1. The molecule has 0 aliphatic heterocycles. The van der Waals surface area contributed by atoms with Crippen LogP contribution in [0.15, 0.2) is 133 Å². The van der Waals surface area contributed by atoms with E-state index < -0.39 is 0 Å². The number of para-hydroxylation sites is 1. The van der Waals surface area contributed by atoms with Crippen LogP contribution in [-0.2, 0) is 6.42 Å². The normalized spacial score (nSPS) is 12.4. The van der Waals surface area contributed by atoms with E-state index in [1.807, 2.05) is 29.5 Å². The summed E-state index contributed by atoms with van der Waals surface area (Å²) >= 11 is 1.85. The largest absolute Gasteiger partial charge is 0.278 e. The minimum Gasteiger partial charge on any atom is -0.278 e. The highest BCUT2D eigenvalue weighted by Crippen LogP contribution is 2.39. The van der Waals surface area contributed by atoms with Gasteiger partial charge in [-0.2, -0.15) is 9.97 Å². The van der Waals surface area contributed by atoms with Crippen molar-refractivity contribution < 1.29 is 0 Å². The second kappa shape index (κ2) is 9.42. The Hall–Kier alpha value is -5.65. The Balaban J connectivity index is 1.20. The molecule has 5 heteroatoms. The molecule has 0 radical (unpaired) electrons. The molecule has 3 aromatic heterocycles. The summed E-state index contributed by atoms with van der Waals surface area (Å²) in [6.07, 6.45) is 0.971. The fourth-order valence-corrected chi connectivity index (χ4v) is 7.87. The average Bonchev–Trinajstić information content (AvgIpc) is 3.63. The van der Waals surface area contributed by atoms with Gasteiger partial charge in [0.1, 0.15) is 0 Å². The van der Waals surface area contributed by atoms with Crippen molar-refractivity contribution in [2.24, 2.45) is 0 Å². The first-order valence-electron chi connectivity index (χ1n) is 15.2. The van der Waals surface area contributed by atoms with Crippen LogP contribution in [0.2, 0.25) is 0 Å². The zero-order chi connectivity index (χ0) is 29.5. The van der Waals surface area contributed by atoms with Gasteiger partial charge in [-0.25, -0.2) is 4.98 Å². The molecule has 11 rings (SSSR count). The molecule has 0 saturated carbocycles. The molecule has 9 aromatic rings. The molecular weight excluding hydrogens is 569 g/mol. The van der Waals surface area contributed by atoms with Gasteiger partial charge in [-0.15, -0.1) is 11.3 Å². The molecule has 0 saturated heterocycles. The van der Waals surface area contributed by atoms with Gasteiger partial charge in [-0.3, -0.25) is 4.57 Å². The third-order valence-electron chi connectivity index (χ3n) is 9.04. The fraction of sp³-hybridized carbons (Fsp3) is 0.0250. The molecule has 0 atom stereocenters. The Morgan fingerprint density at radius 3 is 2.02 bits per heavy atom. The van der Waals surface area contributed by atoms with E-state index in [9.17, 15) is 0 Å². The van der Waals surface area contributed by atoms with Crippen molar-refractivity contribution in [3.05, 3.63) is 145 Å². The molecule has 2 bridgehead atoms. The summed E-state index contributed by atoms with van der Waals surface area (Å²) < 4.78 is 4.83. The smallest absolute Gasteiger partial charge is 0.238 e. The quantitative estimate of drug-likeness (QED) is 0.204. The molecule has 0 N–H and O–H groups in total. The monoisotopic (exact) mass is 592 g/mol. The van der Waals surface area contributed by atoms with Gasteiger partial charge in [0, 0.05) is 42.1 Å². The third-order valence-corrected chi connectivity index (χ3v) is 10.2. The minimum absolute atomic E-state index is 0.625. The number of fused-ring (bicyclic) bond motifs is 8. The summed E-state index contributed by atoms with van der Waals surface area (Å²) in [5, 5.41) is 4.97. The summed E-state index contributed by atoms with van der Waals surface area (Å²) in [7, 11) is 0. The lowest BCUT2D eigenvalue weighted by atomic mass is 9.88. The highest BCUT2D eigenvalue weighted by molar-refractivity contribution is 7.25. The molecule has 45 heavy (non-hydrogen) atoms. The lowest BCUT2D eigenvalue weighted by Gasteiger charge is -2.19. The van der Waals surface area contributed by atoms with E-state index in [4.69, 9.17) is 15.0 Å². The number of nitrogens with zero attached hydrogens (tertiary/aromatic N) is 4. The summed E-state index contributed by atoms with van der Waals surface area (Å²) in [5.41, 5.74) is 9.23. The van der Waals surface area contributed by atoms with Gasteiger partial charge in [-0.1, -0.05) is 97.1 Å². The first kappa shape index (κ1) is 24.8. The maximum absolute atomic E-state index is 5.14. The van der Waals surface area contributed by atoms with E-state index in [2.05, 4.69) is 120 Å². The van der Waals surface area contributed by atoms with Crippen LogP contribution >= 0.6 is 11.3 Å². The van der Waals surface area contributed by atoms with Crippen molar-refractivity contribution in [2.75, 3.05) is 0 Å². The van der Waals surface area contributed by atoms with Crippen LogP contribution in [-0.4, -0.2) is 19.5 Å². The van der Waals surface area contributed by atoms with E-state index in [0.29, 0.717) is 17.6 Å². The van der Waals surface area contributed by atoms with Gasteiger partial charge in [0.2, 0.25) is 5.95 Å². The molecule has 3 heterocycles. The Labute approximate surface area is 262 Å². The van der Waals surface area contributed by atoms with Crippen molar-refractivity contribution in [1.29, 1.82) is 0 Å². The number of aromatic nitrogens is 4. The zero-order valence-electron chi connectivity index (χ0n) is 24.1. The lowest BCUT2D eigenvalue weighted by Crippen LogP contribution is -2.09. The van der Waals surface area contributed by atoms with Crippen molar-refractivity contribution in [3.8, 4) is 39.9 Å². The Bertz CT molecular complexity index is 2630. The number of thiophene rings is 1. The second-order valence-corrected chi connectivity index (χ2v) is 12.8. The molecule has 2 aliphatic carbocycles. The summed E-state index contributed by atoms with van der Waals surface area (Å²) in [6.45, 7) is 0. The van der Waals surface area contributed by atoms with Crippen LogP contribution < -0.4 is 0 Å². The zero-order valence-corrected chi connectivity index (χ0v) is 24.9. The highest BCUT2D eigenvalue weighted by atomic mass is 32.1. The number of hydrogen-bond acceptors (Lipinski definition) is 4. The number of rotatable bonds is 4. The second-order valence-electron chi connectivity index (χ2n) is 11.7. The van der Waals surface area contributed by atoms with Gasteiger partial charge in [-0.05, 0) is 65.1 Å². The van der Waals surface area contributed by atoms with E-state index in [1.54, 1.807) is 0 Å². The standard InChI is InChI=1S/C40H24N4S/c1-2-8-25(9-3-1)38-41-39(29-17-14-24-20-28(29)21-24)43-40(42-38)44-34-12-6-4-10-30(34)32-22-26(15-18-35(32)44)27-16-19-37-33(23-27)31-11-5-7-13-36(31)45-37/h1-20,22-23H,21H2. The average molecular weight is 593 g/mol. The molecule has 0 unspecified atom stereocenters. The number of hydrogen-bond donors (Lipinski definition) is 0. The molecule has 0 fully saturated rings. The highest BCUT2D eigenvalue weighted by Gasteiger charge is 2.21. The van der Waals surface area contributed by atoms with Crippen LogP contribution in [0.25, 0.3) is 81.8 Å². The van der Waals surface area contributed by atoms with Crippen LogP contribution in [0.5, 0.6) is 0 Å². The van der Waals surface area contributed by atoms with Crippen LogP contribution in [0.1, 0.15) is 11.1 Å². The Kier molecular flexibility index (Phi) is 5.18. The van der Waals surface area contributed by atoms with Crippen LogP contribution in [0.4, 0.5) is 0 Å². The Morgan fingerprint density at radius 1 is 0.489 bits per heavy atom. The van der Waals surface area contributed by atoms with E-state index in [1.165, 1.54) is 53.2 Å². The minimum atomic E-state index is 0.625. The molecule has 210 valence electrons. The first-order chi connectivity index (χ1) is 22.3. The maximum Gasteiger partial charge on any atom is 0.238 e. The molecule has 0 spiro atoms. The summed E-state index contributed by atoms with van der Waals surface area (Å²) in [4.78, 5) is 15.2. The Morgan fingerprint density at radius 2 is 1.18 bits per heavy atom. The summed E-state index contributed by atoms with van der Waals surface area (Å²) in [5.74, 6) is 2.00. The topological polar surface area (TPSA) is 43.6 Å².